The van der Waals surface area contributed by atoms with Crippen LogP contribution in [-0.4, -0.2) is 27.0 Å². The third-order valence-electron chi connectivity index (χ3n) is 2.87. The molecule has 0 amide bonds. The zero-order valence-corrected chi connectivity index (χ0v) is 11.8. The Labute approximate surface area is 108 Å². The van der Waals surface area contributed by atoms with Gasteiger partial charge in [0.05, 0.1) is 19.1 Å². The number of hydrogen-bond acceptors (Lipinski definition) is 4. The first-order valence-electron chi connectivity index (χ1n) is 5.68. The van der Waals surface area contributed by atoms with Crippen molar-refractivity contribution >= 4 is 11.8 Å². The first kappa shape index (κ1) is 14.2. The van der Waals surface area contributed by atoms with E-state index in [1.54, 1.807) is 26.0 Å². The normalized spacial score (nSPS) is 12.3. The smallest absolute Gasteiger partial charge is 0.174 e. The van der Waals surface area contributed by atoms with Crippen LogP contribution in [0.25, 0.3) is 0 Å². The Morgan fingerprint density at radius 1 is 1.29 bits per heavy atom. The number of benzene rings is 1. The van der Waals surface area contributed by atoms with E-state index in [9.17, 15) is 0 Å². The molecule has 96 valence electrons. The van der Waals surface area contributed by atoms with Crippen LogP contribution in [0.15, 0.2) is 17.0 Å². The SMILES string of the molecule is COc1ccc(C(C)CCN)c(SC)c1OC. The quantitative estimate of drug-likeness (QED) is 0.794. The highest BCUT2D eigenvalue weighted by atomic mass is 32.2. The molecule has 3 nitrogen and oxygen atoms in total. The van der Waals surface area contributed by atoms with Crippen molar-refractivity contribution in [1.29, 1.82) is 0 Å². The van der Waals surface area contributed by atoms with E-state index in [-0.39, 0.29) is 0 Å². The van der Waals surface area contributed by atoms with Crippen molar-refractivity contribution < 1.29 is 9.47 Å². The summed E-state index contributed by atoms with van der Waals surface area (Å²) in [5, 5.41) is 0. The molecule has 0 saturated carbocycles. The molecule has 0 heterocycles. The zero-order valence-electron chi connectivity index (χ0n) is 10.9. The summed E-state index contributed by atoms with van der Waals surface area (Å²) in [6.45, 7) is 2.89. The number of thioether (sulfide) groups is 1. The van der Waals surface area contributed by atoms with Gasteiger partial charge in [-0.2, -0.15) is 0 Å². The molecule has 1 atom stereocenters. The molecular formula is C13H21NO2S. The molecule has 0 bridgehead atoms. The zero-order chi connectivity index (χ0) is 12.8. The molecule has 0 aliphatic heterocycles. The first-order chi connectivity index (χ1) is 8.19. The summed E-state index contributed by atoms with van der Waals surface area (Å²) >= 11 is 1.68. The lowest BCUT2D eigenvalue weighted by Crippen LogP contribution is -2.06. The number of hydrogen-bond donors (Lipinski definition) is 1. The van der Waals surface area contributed by atoms with Gasteiger partial charge in [0.2, 0.25) is 0 Å². The highest BCUT2D eigenvalue weighted by molar-refractivity contribution is 7.98. The molecule has 1 aromatic carbocycles. The highest BCUT2D eigenvalue weighted by Gasteiger charge is 2.17. The number of ether oxygens (including phenoxy) is 2. The Bertz CT molecular complexity index is 369. The van der Waals surface area contributed by atoms with Crippen molar-refractivity contribution in [2.24, 2.45) is 5.73 Å². The van der Waals surface area contributed by atoms with Crippen LogP contribution >= 0.6 is 11.8 Å². The van der Waals surface area contributed by atoms with E-state index in [0.29, 0.717) is 12.5 Å². The standard InChI is InChI=1S/C13H21NO2S/c1-9(7-8-14)10-5-6-11(15-2)12(16-3)13(10)17-4/h5-6,9H,7-8,14H2,1-4H3. The average molecular weight is 255 g/mol. The van der Waals surface area contributed by atoms with E-state index in [4.69, 9.17) is 15.2 Å². The van der Waals surface area contributed by atoms with E-state index >= 15 is 0 Å². The largest absolute Gasteiger partial charge is 0.493 e. The van der Waals surface area contributed by atoms with E-state index in [1.165, 1.54) is 5.56 Å². The van der Waals surface area contributed by atoms with Gasteiger partial charge in [-0.15, -0.1) is 11.8 Å². The number of methoxy groups -OCH3 is 2. The Kier molecular flexibility index (Phi) is 5.65. The van der Waals surface area contributed by atoms with Crippen molar-refractivity contribution in [1.82, 2.24) is 0 Å². The lowest BCUT2D eigenvalue weighted by Gasteiger charge is -2.19. The van der Waals surface area contributed by atoms with Gasteiger partial charge >= 0.3 is 0 Å². The van der Waals surface area contributed by atoms with Crippen LogP contribution < -0.4 is 15.2 Å². The number of nitrogens with two attached hydrogens (primary N) is 1. The van der Waals surface area contributed by atoms with Gasteiger partial charge in [-0.3, -0.25) is 0 Å². The summed E-state index contributed by atoms with van der Waals surface area (Å²) in [6.07, 6.45) is 3.03. The Morgan fingerprint density at radius 2 is 2.00 bits per heavy atom. The minimum absolute atomic E-state index is 0.433. The predicted octanol–water partition coefficient (Wildman–Crippen LogP) is 2.88. The van der Waals surface area contributed by atoms with Gasteiger partial charge in [0, 0.05) is 0 Å². The lowest BCUT2D eigenvalue weighted by atomic mass is 9.97. The maximum absolute atomic E-state index is 5.62. The van der Waals surface area contributed by atoms with Gasteiger partial charge in [0.25, 0.3) is 0 Å². The van der Waals surface area contributed by atoms with Crippen molar-refractivity contribution in [2.75, 3.05) is 27.0 Å². The molecule has 0 aliphatic carbocycles. The van der Waals surface area contributed by atoms with E-state index in [1.807, 2.05) is 6.07 Å². The first-order valence-corrected chi connectivity index (χ1v) is 6.91. The summed E-state index contributed by atoms with van der Waals surface area (Å²) in [6, 6.07) is 4.06. The molecule has 0 saturated heterocycles. The lowest BCUT2D eigenvalue weighted by molar-refractivity contribution is 0.346. The van der Waals surface area contributed by atoms with E-state index in [0.717, 1.165) is 22.8 Å². The van der Waals surface area contributed by atoms with Gasteiger partial charge in [-0.1, -0.05) is 13.0 Å². The van der Waals surface area contributed by atoms with Crippen LogP contribution in [0.2, 0.25) is 0 Å². The predicted molar refractivity (Wildman–Crippen MR) is 73.4 cm³/mol. The maximum atomic E-state index is 5.62. The fourth-order valence-electron chi connectivity index (χ4n) is 1.92. The summed E-state index contributed by atoms with van der Waals surface area (Å²) in [5.74, 6) is 2.03. The summed E-state index contributed by atoms with van der Waals surface area (Å²) in [4.78, 5) is 1.15. The van der Waals surface area contributed by atoms with Gasteiger partial charge in [0.15, 0.2) is 11.5 Å². The van der Waals surface area contributed by atoms with E-state index in [2.05, 4.69) is 19.2 Å². The molecule has 0 aliphatic rings. The Hall–Kier alpha value is -0.870. The molecule has 0 aromatic heterocycles. The second kappa shape index (κ2) is 6.77. The van der Waals surface area contributed by atoms with Crippen LogP contribution in [0.3, 0.4) is 0 Å². The third kappa shape index (κ3) is 3.07. The van der Waals surface area contributed by atoms with Crippen LogP contribution in [0.4, 0.5) is 0 Å². The van der Waals surface area contributed by atoms with Crippen molar-refractivity contribution in [3.05, 3.63) is 17.7 Å². The fourth-order valence-corrected chi connectivity index (χ4v) is 2.79. The molecule has 1 rings (SSSR count). The Balaban J connectivity index is 3.22. The molecule has 1 unspecified atom stereocenters. The highest BCUT2D eigenvalue weighted by Crippen LogP contribution is 2.42. The van der Waals surface area contributed by atoms with Crippen molar-refractivity contribution in [3.8, 4) is 11.5 Å². The van der Waals surface area contributed by atoms with Gasteiger partial charge in [0.1, 0.15) is 0 Å². The minimum atomic E-state index is 0.433. The van der Waals surface area contributed by atoms with Crippen LogP contribution in [0.5, 0.6) is 11.5 Å². The second-order valence-electron chi connectivity index (χ2n) is 3.90. The molecule has 17 heavy (non-hydrogen) atoms. The summed E-state index contributed by atoms with van der Waals surface area (Å²) in [7, 11) is 3.33. The molecule has 0 spiro atoms. The molecule has 0 fully saturated rings. The van der Waals surface area contributed by atoms with Crippen LogP contribution in [0, 0.1) is 0 Å². The maximum Gasteiger partial charge on any atom is 0.174 e. The minimum Gasteiger partial charge on any atom is -0.493 e. The van der Waals surface area contributed by atoms with Crippen molar-refractivity contribution in [3.63, 3.8) is 0 Å². The molecule has 0 radical (unpaired) electrons. The molecule has 4 heteroatoms. The van der Waals surface area contributed by atoms with Gasteiger partial charge in [-0.05, 0) is 36.8 Å². The fraction of sp³-hybridized carbons (Fsp3) is 0.538. The summed E-state index contributed by atoms with van der Waals surface area (Å²) < 4.78 is 10.8. The summed E-state index contributed by atoms with van der Waals surface area (Å²) in [5.41, 5.74) is 6.90. The van der Waals surface area contributed by atoms with Gasteiger partial charge in [-0.25, -0.2) is 0 Å². The molecular weight excluding hydrogens is 234 g/mol. The second-order valence-corrected chi connectivity index (χ2v) is 4.72. The van der Waals surface area contributed by atoms with Crippen LogP contribution in [0.1, 0.15) is 24.8 Å². The topological polar surface area (TPSA) is 44.5 Å². The van der Waals surface area contributed by atoms with Crippen LogP contribution in [-0.2, 0) is 0 Å². The van der Waals surface area contributed by atoms with Crippen molar-refractivity contribution in [2.45, 2.75) is 24.2 Å². The third-order valence-corrected chi connectivity index (χ3v) is 3.69. The monoisotopic (exact) mass is 255 g/mol. The molecule has 1 aromatic rings. The Morgan fingerprint density at radius 3 is 2.47 bits per heavy atom. The van der Waals surface area contributed by atoms with Gasteiger partial charge < -0.3 is 15.2 Å². The number of rotatable bonds is 6. The molecule has 2 N–H and O–H groups in total. The average Bonchev–Trinajstić information content (AvgIpc) is 2.36. The van der Waals surface area contributed by atoms with E-state index < -0.39 is 0 Å².